The largest absolute Gasteiger partial charge is 0.369 e. The number of nitrogens with zero attached hydrogens (tertiary/aromatic N) is 1. The molecule has 34 heavy (non-hydrogen) atoms. The average Bonchev–Trinajstić information content (AvgIpc) is 3.20. The van der Waals surface area contributed by atoms with Crippen LogP contribution in [0.3, 0.4) is 0 Å². The quantitative estimate of drug-likeness (QED) is 0.641. The van der Waals surface area contributed by atoms with E-state index in [0.717, 1.165) is 23.1 Å². The number of primary amides is 1. The highest BCUT2D eigenvalue weighted by Gasteiger charge is 2.39. The SMILES string of the molecule is Cc1cc([C@H](C)c2cc3c(nc2C2(C)OCCO2)CCC(C(N)=O)C3)c(F)cc1NS(C)(=O)=O. The highest BCUT2D eigenvalue weighted by atomic mass is 32.2. The molecule has 2 heterocycles. The molecular weight excluding hydrogens is 461 g/mol. The summed E-state index contributed by atoms with van der Waals surface area (Å²) in [5.74, 6) is -2.66. The van der Waals surface area contributed by atoms with Crippen LogP contribution in [0.4, 0.5) is 10.1 Å². The number of halogens is 1. The van der Waals surface area contributed by atoms with Crippen LogP contribution >= 0.6 is 0 Å². The minimum atomic E-state index is -3.55. The molecule has 1 aromatic heterocycles. The number of nitrogens with one attached hydrogen (secondary N) is 1. The number of nitrogens with two attached hydrogens (primary N) is 1. The summed E-state index contributed by atoms with van der Waals surface area (Å²) in [4.78, 5) is 16.7. The van der Waals surface area contributed by atoms with E-state index in [4.69, 9.17) is 20.2 Å². The number of benzene rings is 1. The van der Waals surface area contributed by atoms with Crippen molar-refractivity contribution in [2.45, 2.75) is 51.7 Å². The van der Waals surface area contributed by atoms with Crippen molar-refractivity contribution in [1.29, 1.82) is 0 Å². The molecule has 0 saturated carbocycles. The van der Waals surface area contributed by atoms with Crippen molar-refractivity contribution in [3.63, 3.8) is 0 Å². The van der Waals surface area contributed by atoms with E-state index in [0.29, 0.717) is 49.3 Å². The molecular formula is C24H30FN3O5S. The Bertz CT molecular complexity index is 1240. The van der Waals surface area contributed by atoms with E-state index < -0.39 is 27.5 Å². The number of ether oxygens (including phenoxy) is 2. The molecule has 1 fully saturated rings. The third kappa shape index (κ3) is 4.80. The molecule has 1 saturated heterocycles. The van der Waals surface area contributed by atoms with Crippen molar-refractivity contribution in [3.8, 4) is 0 Å². The van der Waals surface area contributed by atoms with Crippen LogP contribution in [-0.4, -0.2) is 38.8 Å². The summed E-state index contributed by atoms with van der Waals surface area (Å²) in [7, 11) is -3.55. The number of sulfonamides is 1. The molecule has 1 unspecified atom stereocenters. The van der Waals surface area contributed by atoms with Crippen LogP contribution in [0.15, 0.2) is 18.2 Å². The number of fused-ring (bicyclic) bond motifs is 1. The van der Waals surface area contributed by atoms with Gasteiger partial charge in [0, 0.05) is 17.5 Å². The number of amides is 1. The molecule has 3 N–H and O–H groups in total. The van der Waals surface area contributed by atoms with Crippen LogP contribution in [0.2, 0.25) is 0 Å². The lowest BCUT2D eigenvalue weighted by Crippen LogP contribution is -2.32. The highest BCUT2D eigenvalue weighted by Crippen LogP contribution is 2.40. The van der Waals surface area contributed by atoms with Crippen molar-refractivity contribution in [3.05, 3.63) is 57.7 Å². The molecule has 1 amide bonds. The fourth-order valence-corrected chi connectivity index (χ4v) is 5.40. The molecule has 2 aromatic rings. The van der Waals surface area contributed by atoms with Crippen LogP contribution in [0.5, 0.6) is 0 Å². The molecule has 4 rings (SSSR count). The van der Waals surface area contributed by atoms with Gasteiger partial charge in [-0.1, -0.05) is 19.1 Å². The lowest BCUT2D eigenvalue weighted by Gasteiger charge is -2.30. The zero-order valence-electron chi connectivity index (χ0n) is 19.8. The number of rotatable bonds is 6. The van der Waals surface area contributed by atoms with Crippen molar-refractivity contribution in [2.24, 2.45) is 11.7 Å². The lowest BCUT2D eigenvalue weighted by molar-refractivity contribution is -0.153. The molecule has 0 radical (unpaired) electrons. The maximum absolute atomic E-state index is 15.3. The molecule has 2 aliphatic rings. The van der Waals surface area contributed by atoms with Gasteiger partial charge in [0.15, 0.2) is 0 Å². The van der Waals surface area contributed by atoms with Gasteiger partial charge in [0.05, 0.1) is 25.2 Å². The average molecular weight is 492 g/mol. The molecule has 0 bridgehead atoms. The zero-order valence-corrected chi connectivity index (χ0v) is 20.6. The number of hydrogen-bond donors (Lipinski definition) is 2. The van der Waals surface area contributed by atoms with Crippen molar-refractivity contribution < 1.29 is 27.1 Å². The number of aryl methyl sites for hydroxylation is 2. The Morgan fingerprint density at radius 2 is 1.94 bits per heavy atom. The molecule has 1 aromatic carbocycles. The Morgan fingerprint density at radius 3 is 2.56 bits per heavy atom. The second kappa shape index (κ2) is 8.90. The van der Waals surface area contributed by atoms with Gasteiger partial charge in [0.1, 0.15) is 11.5 Å². The maximum atomic E-state index is 15.3. The topological polar surface area (TPSA) is 121 Å². The van der Waals surface area contributed by atoms with E-state index in [1.54, 1.807) is 19.9 Å². The second-order valence-electron chi connectivity index (χ2n) is 9.30. The minimum absolute atomic E-state index is 0.193. The summed E-state index contributed by atoms with van der Waals surface area (Å²) in [6.45, 7) is 6.23. The summed E-state index contributed by atoms with van der Waals surface area (Å²) in [6, 6.07) is 4.80. The molecule has 1 aliphatic carbocycles. The number of hydrogen-bond acceptors (Lipinski definition) is 6. The van der Waals surface area contributed by atoms with Crippen LogP contribution in [-0.2, 0) is 42.9 Å². The number of anilines is 1. The van der Waals surface area contributed by atoms with Crippen molar-refractivity contribution in [1.82, 2.24) is 4.98 Å². The van der Waals surface area contributed by atoms with Crippen molar-refractivity contribution >= 4 is 21.6 Å². The van der Waals surface area contributed by atoms with E-state index in [2.05, 4.69) is 4.72 Å². The predicted octanol–water partition coefficient (Wildman–Crippen LogP) is 2.86. The van der Waals surface area contributed by atoms with Crippen LogP contribution in [0.1, 0.15) is 59.8 Å². The highest BCUT2D eigenvalue weighted by molar-refractivity contribution is 7.92. The van der Waals surface area contributed by atoms with Gasteiger partial charge >= 0.3 is 0 Å². The number of carbonyl (C=O) groups excluding carboxylic acids is 1. The molecule has 2 atom stereocenters. The third-order valence-electron chi connectivity index (χ3n) is 6.66. The van der Waals surface area contributed by atoms with Gasteiger partial charge in [-0.05, 0) is 61.4 Å². The van der Waals surface area contributed by atoms with Gasteiger partial charge in [-0.2, -0.15) is 0 Å². The summed E-state index contributed by atoms with van der Waals surface area (Å²) >= 11 is 0. The molecule has 10 heteroatoms. The first kappa shape index (κ1) is 24.6. The van der Waals surface area contributed by atoms with E-state index in [1.807, 2.05) is 13.0 Å². The minimum Gasteiger partial charge on any atom is -0.369 e. The first-order valence-corrected chi connectivity index (χ1v) is 13.2. The summed E-state index contributed by atoms with van der Waals surface area (Å²) < 4.78 is 52.7. The van der Waals surface area contributed by atoms with Gasteiger partial charge in [-0.25, -0.2) is 12.8 Å². The predicted molar refractivity (Wildman–Crippen MR) is 125 cm³/mol. The van der Waals surface area contributed by atoms with E-state index >= 15 is 4.39 Å². The van der Waals surface area contributed by atoms with E-state index in [9.17, 15) is 13.2 Å². The smallest absolute Gasteiger partial charge is 0.229 e. The molecule has 1 aliphatic heterocycles. The Labute approximate surface area is 199 Å². The lowest BCUT2D eigenvalue weighted by atomic mass is 9.82. The van der Waals surface area contributed by atoms with Crippen LogP contribution < -0.4 is 10.5 Å². The molecule has 8 nitrogen and oxygen atoms in total. The first-order chi connectivity index (χ1) is 15.9. The monoisotopic (exact) mass is 491 g/mol. The zero-order chi connectivity index (χ0) is 24.8. The number of carbonyl (C=O) groups is 1. The van der Waals surface area contributed by atoms with Gasteiger partial charge < -0.3 is 15.2 Å². The van der Waals surface area contributed by atoms with E-state index in [1.165, 1.54) is 6.07 Å². The van der Waals surface area contributed by atoms with Crippen LogP contribution in [0.25, 0.3) is 0 Å². The van der Waals surface area contributed by atoms with Gasteiger partial charge in [-0.15, -0.1) is 0 Å². The summed E-state index contributed by atoms with van der Waals surface area (Å²) in [5.41, 5.74) is 9.84. The van der Waals surface area contributed by atoms with Gasteiger partial charge in [0.2, 0.25) is 21.7 Å². The first-order valence-electron chi connectivity index (χ1n) is 11.3. The van der Waals surface area contributed by atoms with Crippen molar-refractivity contribution in [2.75, 3.05) is 24.2 Å². The Balaban J connectivity index is 1.82. The fraction of sp³-hybridized carbons (Fsp3) is 0.500. The van der Waals surface area contributed by atoms with Gasteiger partial charge in [0.25, 0.3) is 0 Å². The van der Waals surface area contributed by atoms with Gasteiger partial charge in [-0.3, -0.25) is 14.5 Å². The summed E-state index contributed by atoms with van der Waals surface area (Å²) in [5, 5.41) is 0. The fourth-order valence-electron chi connectivity index (χ4n) is 4.78. The summed E-state index contributed by atoms with van der Waals surface area (Å²) in [6.07, 6.45) is 2.74. The Hall–Kier alpha value is -2.56. The Morgan fingerprint density at radius 1 is 1.26 bits per heavy atom. The normalized spacial score (nSPS) is 20.6. The Kier molecular flexibility index (Phi) is 6.43. The van der Waals surface area contributed by atoms with Crippen LogP contribution in [0, 0.1) is 18.7 Å². The second-order valence-corrected chi connectivity index (χ2v) is 11.0. The standard InChI is InChI=1S/C24H30FN3O5S/c1-13-9-17(19(25)12-21(13)28-34(4,30)31)14(2)18-11-16-10-15(23(26)29)5-6-20(16)27-22(18)24(3)32-7-8-33-24/h9,11-12,14-15,28H,5-8,10H2,1-4H3,(H2,26,29)/t14-,15?/m0/s1. The molecule has 0 spiro atoms. The third-order valence-corrected chi connectivity index (χ3v) is 7.25. The number of aromatic nitrogens is 1. The number of pyridine rings is 1. The van der Waals surface area contributed by atoms with E-state index in [-0.39, 0.29) is 17.5 Å². The molecule has 184 valence electrons. The maximum Gasteiger partial charge on any atom is 0.229 e.